The van der Waals surface area contributed by atoms with Crippen LogP contribution < -0.4 is 20.4 Å². The molecule has 1 saturated heterocycles. The summed E-state index contributed by atoms with van der Waals surface area (Å²) in [6.07, 6.45) is 2.36. The van der Waals surface area contributed by atoms with Crippen molar-refractivity contribution in [2.24, 2.45) is 5.92 Å². The number of piperidine rings is 1. The topological polar surface area (TPSA) is 108 Å². The van der Waals surface area contributed by atoms with Crippen LogP contribution in [-0.2, 0) is 14.3 Å². The van der Waals surface area contributed by atoms with E-state index in [-0.39, 0.29) is 28.9 Å². The first-order chi connectivity index (χ1) is 20.2. The van der Waals surface area contributed by atoms with E-state index in [9.17, 15) is 19.2 Å². The Morgan fingerprint density at radius 2 is 1.40 bits per heavy atom. The molecule has 1 fully saturated rings. The summed E-state index contributed by atoms with van der Waals surface area (Å²) in [7, 11) is 0. The number of carbonyl (C=O) groups is 4. The molecule has 0 bridgehead atoms. The highest BCUT2D eigenvalue weighted by molar-refractivity contribution is 6.53. The van der Waals surface area contributed by atoms with Crippen molar-refractivity contribution in [3.05, 3.63) is 94.7 Å². The highest BCUT2D eigenvalue weighted by atomic mass is 35.5. The molecule has 3 aromatic carbocycles. The molecule has 5 rings (SSSR count). The zero-order valence-electron chi connectivity index (χ0n) is 23.4. The number of esters is 1. The minimum atomic E-state index is -0.690. The predicted octanol–water partition coefficient (Wildman–Crippen LogP) is 5.79. The van der Waals surface area contributed by atoms with Crippen LogP contribution in [0.4, 0.5) is 22.7 Å². The first-order valence-electron chi connectivity index (χ1n) is 13.8. The molecule has 9 nitrogen and oxygen atoms in total. The van der Waals surface area contributed by atoms with Gasteiger partial charge in [0.25, 0.3) is 17.7 Å². The van der Waals surface area contributed by atoms with Crippen molar-refractivity contribution < 1.29 is 23.9 Å². The molecule has 2 aliphatic rings. The Morgan fingerprint density at radius 1 is 0.833 bits per heavy atom. The van der Waals surface area contributed by atoms with E-state index in [0.29, 0.717) is 22.5 Å². The van der Waals surface area contributed by atoms with Crippen molar-refractivity contribution >= 4 is 58.0 Å². The summed E-state index contributed by atoms with van der Waals surface area (Å²) in [5.74, 6) is -1.35. The Bertz CT molecular complexity index is 1530. The van der Waals surface area contributed by atoms with Crippen LogP contribution in [0.15, 0.2) is 83.5 Å². The minimum absolute atomic E-state index is 0.0865. The van der Waals surface area contributed by atoms with Crippen LogP contribution in [0.1, 0.15) is 47.4 Å². The van der Waals surface area contributed by atoms with Gasteiger partial charge in [0.15, 0.2) is 0 Å². The van der Waals surface area contributed by atoms with Gasteiger partial charge in [-0.05, 0) is 98.5 Å². The van der Waals surface area contributed by atoms with Crippen LogP contribution in [0.2, 0.25) is 0 Å². The first kappa shape index (κ1) is 28.9. The summed E-state index contributed by atoms with van der Waals surface area (Å²) < 4.78 is 4.96. The lowest BCUT2D eigenvalue weighted by atomic mass is 9.99. The van der Waals surface area contributed by atoms with Crippen molar-refractivity contribution in [3.63, 3.8) is 0 Å². The number of amides is 3. The molecule has 0 aromatic heterocycles. The van der Waals surface area contributed by atoms with Gasteiger partial charge in [0.1, 0.15) is 10.7 Å². The van der Waals surface area contributed by atoms with Crippen LogP contribution in [-0.4, -0.2) is 43.4 Å². The molecule has 3 aromatic rings. The second-order valence-electron chi connectivity index (χ2n) is 10.3. The van der Waals surface area contributed by atoms with Crippen molar-refractivity contribution in [1.82, 2.24) is 0 Å². The fraction of sp³-hybridized carbons (Fsp3) is 0.250. The molecule has 0 atom stereocenters. The van der Waals surface area contributed by atoms with Crippen molar-refractivity contribution in [3.8, 4) is 0 Å². The summed E-state index contributed by atoms with van der Waals surface area (Å²) in [6.45, 7) is 6.30. The summed E-state index contributed by atoms with van der Waals surface area (Å²) in [4.78, 5) is 54.0. The molecule has 216 valence electrons. The zero-order valence-corrected chi connectivity index (χ0v) is 24.1. The van der Waals surface area contributed by atoms with E-state index in [1.165, 1.54) is 37.1 Å². The van der Waals surface area contributed by atoms with Crippen molar-refractivity contribution in [1.29, 1.82) is 0 Å². The van der Waals surface area contributed by atoms with Gasteiger partial charge < -0.3 is 20.3 Å². The monoisotopic (exact) mass is 586 g/mol. The van der Waals surface area contributed by atoms with Crippen LogP contribution in [0.25, 0.3) is 0 Å². The van der Waals surface area contributed by atoms with E-state index in [1.807, 2.05) is 24.3 Å². The van der Waals surface area contributed by atoms with E-state index in [0.717, 1.165) is 29.6 Å². The standard InChI is InChI=1S/C32H31ClN4O5/c1-3-42-32(41)22-6-12-26(13-7-22)37-30(39)27(33)28(31(37)40)34-23-8-4-21(5-9-23)29(38)35-24-10-14-25(15-11-24)36-18-16-20(2)17-19-36/h4-15,20,34H,3,16-19H2,1-2H3,(H,35,38). The van der Waals surface area contributed by atoms with E-state index in [2.05, 4.69) is 22.5 Å². The van der Waals surface area contributed by atoms with Gasteiger partial charge in [0.2, 0.25) is 0 Å². The minimum Gasteiger partial charge on any atom is -0.462 e. The van der Waals surface area contributed by atoms with Crippen LogP contribution >= 0.6 is 11.6 Å². The normalized spacial score (nSPS) is 15.7. The molecule has 0 spiro atoms. The SMILES string of the molecule is CCOC(=O)c1ccc(N2C(=O)C(Cl)=C(Nc3ccc(C(=O)Nc4ccc(N5CCC(C)CC5)cc4)cc3)C2=O)cc1. The number of anilines is 4. The number of nitrogens with one attached hydrogen (secondary N) is 2. The van der Waals surface area contributed by atoms with Crippen LogP contribution in [0.3, 0.4) is 0 Å². The highest BCUT2D eigenvalue weighted by Crippen LogP contribution is 2.31. The summed E-state index contributed by atoms with van der Waals surface area (Å²) >= 11 is 6.24. The molecule has 2 aliphatic heterocycles. The van der Waals surface area contributed by atoms with Gasteiger partial charge in [-0.15, -0.1) is 0 Å². The Labute approximate surface area is 249 Å². The molecule has 2 N–H and O–H groups in total. The molecule has 0 unspecified atom stereocenters. The quantitative estimate of drug-likeness (QED) is 0.254. The molecule has 3 amide bonds. The second-order valence-corrected chi connectivity index (χ2v) is 10.7. The maximum Gasteiger partial charge on any atom is 0.338 e. The number of rotatable bonds is 8. The predicted molar refractivity (Wildman–Crippen MR) is 163 cm³/mol. The fourth-order valence-corrected chi connectivity index (χ4v) is 5.09. The number of halogens is 1. The fourth-order valence-electron chi connectivity index (χ4n) is 4.88. The molecule has 0 saturated carbocycles. The molecule has 0 radical (unpaired) electrons. The van der Waals surface area contributed by atoms with E-state index in [4.69, 9.17) is 16.3 Å². The third-order valence-electron chi connectivity index (χ3n) is 7.35. The average molecular weight is 587 g/mol. The molecule has 42 heavy (non-hydrogen) atoms. The second kappa shape index (κ2) is 12.5. The number of carbonyl (C=O) groups excluding carboxylic acids is 4. The lowest BCUT2D eigenvalue weighted by Crippen LogP contribution is -2.32. The van der Waals surface area contributed by atoms with Gasteiger partial charge in [-0.25, -0.2) is 9.69 Å². The molecular weight excluding hydrogens is 556 g/mol. The Morgan fingerprint density at radius 3 is 2.02 bits per heavy atom. The van der Waals surface area contributed by atoms with Gasteiger partial charge in [0.05, 0.1) is 17.9 Å². The zero-order chi connectivity index (χ0) is 29.8. The van der Waals surface area contributed by atoms with Gasteiger partial charge >= 0.3 is 5.97 Å². The van der Waals surface area contributed by atoms with Crippen LogP contribution in [0.5, 0.6) is 0 Å². The summed E-state index contributed by atoms with van der Waals surface area (Å²) in [5.41, 5.74) is 3.21. The lowest BCUT2D eigenvalue weighted by molar-refractivity contribution is -0.120. The van der Waals surface area contributed by atoms with E-state index >= 15 is 0 Å². The van der Waals surface area contributed by atoms with Crippen LogP contribution in [0, 0.1) is 5.92 Å². The Balaban J connectivity index is 1.20. The van der Waals surface area contributed by atoms with Gasteiger partial charge in [-0.3, -0.25) is 14.4 Å². The third-order valence-corrected chi connectivity index (χ3v) is 7.70. The summed E-state index contributed by atoms with van der Waals surface area (Å²) in [5, 5.41) is 5.54. The average Bonchev–Trinajstić information content (AvgIpc) is 3.21. The lowest BCUT2D eigenvalue weighted by Gasteiger charge is -2.32. The van der Waals surface area contributed by atoms with Crippen molar-refractivity contribution in [2.75, 3.05) is 40.1 Å². The molecule has 2 heterocycles. The molecular formula is C32H31ClN4O5. The molecule has 10 heteroatoms. The van der Waals surface area contributed by atoms with E-state index < -0.39 is 17.8 Å². The maximum atomic E-state index is 13.1. The third kappa shape index (κ3) is 6.16. The number of nitrogens with zero attached hydrogens (tertiary/aromatic N) is 2. The number of imide groups is 1. The van der Waals surface area contributed by atoms with Gasteiger partial charge in [-0.2, -0.15) is 0 Å². The van der Waals surface area contributed by atoms with Gasteiger partial charge in [0, 0.05) is 35.7 Å². The highest BCUT2D eigenvalue weighted by Gasteiger charge is 2.39. The van der Waals surface area contributed by atoms with E-state index in [1.54, 1.807) is 31.2 Å². The first-order valence-corrected chi connectivity index (χ1v) is 14.2. The number of hydrogen-bond donors (Lipinski definition) is 2. The number of benzene rings is 3. The van der Waals surface area contributed by atoms with Crippen molar-refractivity contribution in [2.45, 2.75) is 26.7 Å². The molecule has 0 aliphatic carbocycles. The smallest absolute Gasteiger partial charge is 0.338 e. The largest absolute Gasteiger partial charge is 0.462 e. The number of ether oxygens (including phenoxy) is 1. The summed E-state index contributed by atoms with van der Waals surface area (Å²) in [6, 6.07) is 20.2. The number of hydrogen-bond acceptors (Lipinski definition) is 7. The van der Waals surface area contributed by atoms with Gasteiger partial charge in [-0.1, -0.05) is 18.5 Å². The Hall–Kier alpha value is -4.63. The Kier molecular flexibility index (Phi) is 8.59. The maximum absolute atomic E-state index is 13.1.